The number of para-hydroxylation sites is 2. The summed E-state index contributed by atoms with van der Waals surface area (Å²) < 4.78 is 0. The Labute approximate surface area is 105 Å². The Morgan fingerprint density at radius 3 is 1.72 bits per heavy atom. The summed E-state index contributed by atoms with van der Waals surface area (Å²) in [5.74, 6) is 0. The van der Waals surface area contributed by atoms with Gasteiger partial charge < -0.3 is 0 Å². The molecule has 0 saturated carbocycles. The summed E-state index contributed by atoms with van der Waals surface area (Å²) in [5, 5.41) is 0. The number of hydrogen-bond acceptors (Lipinski definition) is 1. The van der Waals surface area contributed by atoms with Crippen molar-refractivity contribution in [3.63, 3.8) is 0 Å². The molecule has 3 nitrogen and oxygen atoms in total. The van der Waals surface area contributed by atoms with E-state index in [0.29, 0.717) is 0 Å². The van der Waals surface area contributed by atoms with Gasteiger partial charge in [-0.1, -0.05) is 48.6 Å². The first kappa shape index (κ1) is 10.7. The van der Waals surface area contributed by atoms with Crippen LogP contribution in [0, 0.1) is 0 Å². The van der Waals surface area contributed by atoms with E-state index in [4.69, 9.17) is 0 Å². The van der Waals surface area contributed by atoms with Gasteiger partial charge in [-0.3, -0.25) is 5.73 Å². The molecule has 2 aromatic rings. The number of quaternary nitrogens is 1. The Morgan fingerprint density at radius 2 is 1.28 bits per heavy atom. The third-order valence-electron chi connectivity index (χ3n) is 3.05. The average molecular weight is 237 g/mol. The number of urea groups is 1. The maximum absolute atomic E-state index is 11.9. The number of hydrogen-bond donors (Lipinski definition) is 1. The molecule has 3 rings (SSSR count). The molecule has 1 aliphatic rings. The predicted molar refractivity (Wildman–Crippen MR) is 72.2 cm³/mol. The number of amides is 2. The highest BCUT2D eigenvalue weighted by Crippen LogP contribution is 2.35. The van der Waals surface area contributed by atoms with E-state index in [-0.39, 0.29) is 6.03 Å². The number of nitrogens with zero attached hydrogens (tertiary/aromatic N) is 1. The maximum atomic E-state index is 11.9. The lowest BCUT2D eigenvalue weighted by Crippen LogP contribution is -2.63. The fourth-order valence-corrected chi connectivity index (χ4v) is 2.24. The number of rotatable bonds is 0. The molecule has 2 amide bonds. The molecule has 1 heterocycles. The van der Waals surface area contributed by atoms with Gasteiger partial charge in [0, 0.05) is 0 Å². The van der Waals surface area contributed by atoms with Gasteiger partial charge in [0.1, 0.15) is 0 Å². The summed E-state index contributed by atoms with van der Waals surface area (Å²) in [7, 11) is 0. The van der Waals surface area contributed by atoms with Crippen molar-refractivity contribution in [2.24, 2.45) is 0 Å². The van der Waals surface area contributed by atoms with Gasteiger partial charge >= 0.3 is 6.03 Å². The fraction of sp³-hybridized carbons (Fsp3) is 0. The smallest absolute Gasteiger partial charge is 0.273 e. The summed E-state index contributed by atoms with van der Waals surface area (Å²) in [4.78, 5) is 13.5. The van der Waals surface area contributed by atoms with Crippen LogP contribution in [0.1, 0.15) is 11.1 Å². The molecule has 0 saturated heterocycles. The minimum absolute atomic E-state index is 0.224. The molecule has 0 bridgehead atoms. The molecular weight excluding hydrogens is 224 g/mol. The van der Waals surface area contributed by atoms with Crippen molar-refractivity contribution < 1.29 is 10.5 Å². The van der Waals surface area contributed by atoms with Crippen molar-refractivity contribution in [1.82, 2.24) is 0 Å². The SMILES string of the molecule is [NH3+]C(=O)N1c2ccccc2C=Cc2ccccc21. The molecule has 0 aliphatic carbocycles. The molecule has 2 aromatic carbocycles. The fourth-order valence-electron chi connectivity index (χ4n) is 2.24. The first-order valence-corrected chi connectivity index (χ1v) is 5.79. The zero-order chi connectivity index (χ0) is 12.5. The van der Waals surface area contributed by atoms with Crippen molar-refractivity contribution in [3.05, 3.63) is 59.7 Å². The van der Waals surface area contributed by atoms with Crippen LogP contribution in [0.25, 0.3) is 12.2 Å². The van der Waals surface area contributed by atoms with Crippen LogP contribution >= 0.6 is 0 Å². The van der Waals surface area contributed by atoms with Crippen molar-refractivity contribution in [2.45, 2.75) is 0 Å². The van der Waals surface area contributed by atoms with Crippen LogP contribution in [0.3, 0.4) is 0 Å². The van der Waals surface area contributed by atoms with E-state index in [0.717, 1.165) is 22.5 Å². The van der Waals surface area contributed by atoms with Crippen LogP contribution in [-0.2, 0) is 0 Å². The molecule has 3 heteroatoms. The van der Waals surface area contributed by atoms with E-state index < -0.39 is 0 Å². The minimum Gasteiger partial charge on any atom is -0.273 e. The largest absolute Gasteiger partial charge is 0.423 e. The summed E-state index contributed by atoms with van der Waals surface area (Å²) in [5.41, 5.74) is 7.35. The van der Waals surface area contributed by atoms with E-state index in [9.17, 15) is 4.79 Å². The normalized spacial score (nSPS) is 12.6. The van der Waals surface area contributed by atoms with Gasteiger partial charge in [-0.2, -0.15) is 0 Å². The average Bonchev–Trinajstić information content (AvgIpc) is 2.55. The van der Waals surface area contributed by atoms with Crippen LogP contribution in [0.4, 0.5) is 16.2 Å². The van der Waals surface area contributed by atoms with Crippen molar-refractivity contribution in [3.8, 4) is 0 Å². The summed E-state index contributed by atoms with van der Waals surface area (Å²) in [6, 6.07) is 15.4. The molecule has 0 aromatic heterocycles. The van der Waals surface area contributed by atoms with E-state index in [1.54, 1.807) is 4.90 Å². The van der Waals surface area contributed by atoms with Crippen LogP contribution in [0.15, 0.2) is 48.5 Å². The van der Waals surface area contributed by atoms with E-state index in [2.05, 4.69) is 5.73 Å². The molecule has 88 valence electrons. The van der Waals surface area contributed by atoms with Gasteiger partial charge in [0.25, 0.3) is 0 Å². The van der Waals surface area contributed by atoms with Gasteiger partial charge in [-0.15, -0.1) is 0 Å². The molecule has 0 atom stereocenters. The quantitative estimate of drug-likeness (QED) is 0.752. The summed E-state index contributed by atoms with van der Waals surface area (Å²) >= 11 is 0. The lowest BCUT2D eigenvalue weighted by molar-refractivity contribution is -0.245. The monoisotopic (exact) mass is 237 g/mol. The second kappa shape index (κ2) is 4.13. The number of anilines is 2. The van der Waals surface area contributed by atoms with E-state index in [1.165, 1.54) is 0 Å². The third-order valence-corrected chi connectivity index (χ3v) is 3.05. The molecule has 0 unspecified atom stereocenters. The topological polar surface area (TPSA) is 48.0 Å². The number of fused-ring (bicyclic) bond motifs is 2. The minimum atomic E-state index is -0.224. The Balaban J connectivity index is 2.31. The van der Waals surface area contributed by atoms with Gasteiger partial charge in [-0.05, 0) is 23.3 Å². The Kier molecular flexibility index (Phi) is 2.46. The second-order valence-corrected chi connectivity index (χ2v) is 4.18. The number of carbonyl (C=O) groups is 1. The highest BCUT2D eigenvalue weighted by Gasteiger charge is 2.23. The first-order chi connectivity index (χ1) is 8.77. The Bertz CT molecular complexity index is 597. The van der Waals surface area contributed by atoms with Gasteiger partial charge in [0.2, 0.25) is 0 Å². The zero-order valence-corrected chi connectivity index (χ0v) is 9.84. The van der Waals surface area contributed by atoms with E-state index in [1.807, 2.05) is 60.7 Å². The number of carbonyl (C=O) groups excluding carboxylic acids is 1. The lowest BCUT2D eigenvalue weighted by atomic mass is 10.1. The molecule has 0 spiro atoms. The Hall–Kier alpha value is -2.39. The number of benzene rings is 2. The molecule has 0 radical (unpaired) electrons. The van der Waals surface area contributed by atoms with Crippen molar-refractivity contribution in [1.29, 1.82) is 0 Å². The highest BCUT2D eigenvalue weighted by atomic mass is 16.2. The maximum Gasteiger partial charge on any atom is 0.423 e. The Morgan fingerprint density at radius 1 is 0.833 bits per heavy atom. The summed E-state index contributed by atoms with van der Waals surface area (Å²) in [6.07, 6.45) is 4.05. The third kappa shape index (κ3) is 1.61. The molecule has 1 aliphatic heterocycles. The van der Waals surface area contributed by atoms with Crippen LogP contribution in [-0.4, -0.2) is 6.03 Å². The highest BCUT2D eigenvalue weighted by molar-refractivity contribution is 6.01. The molecule has 0 fully saturated rings. The van der Waals surface area contributed by atoms with Gasteiger partial charge in [-0.25, -0.2) is 9.69 Å². The van der Waals surface area contributed by atoms with Gasteiger partial charge in [0.05, 0.1) is 11.4 Å². The molecular formula is C15H13N2O+. The predicted octanol–water partition coefficient (Wildman–Crippen LogP) is 2.67. The zero-order valence-electron chi connectivity index (χ0n) is 9.84. The van der Waals surface area contributed by atoms with Gasteiger partial charge in [0.15, 0.2) is 0 Å². The lowest BCUT2D eigenvalue weighted by Gasteiger charge is -2.20. The van der Waals surface area contributed by atoms with Crippen molar-refractivity contribution >= 4 is 29.6 Å². The summed E-state index contributed by atoms with van der Waals surface area (Å²) in [6.45, 7) is 0. The first-order valence-electron chi connectivity index (χ1n) is 5.79. The second-order valence-electron chi connectivity index (χ2n) is 4.18. The van der Waals surface area contributed by atoms with Crippen LogP contribution in [0.5, 0.6) is 0 Å². The standard InChI is InChI=1S/C15H12N2O/c16-15(18)17-13-7-3-1-5-11(13)9-10-12-6-2-4-8-14(12)17/h1-10H,(H2,16,18)/p+1. The molecule has 18 heavy (non-hydrogen) atoms. The van der Waals surface area contributed by atoms with Crippen LogP contribution in [0.2, 0.25) is 0 Å². The van der Waals surface area contributed by atoms with E-state index >= 15 is 0 Å². The van der Waals surface area contributed by atoms with Crippen molar-refractivity contribution in [2.75, 3.05) is 4.90 Å². The molecule has 3 N–H and O–H groups in total. The van der Waals surface area contributed by atoms with Crippen LogP contribution < -0.4 is 10.6 Å².